The van der Waals surface area contributed by atoms with Crippen molar-refractivity contribution in [2.24, 2.45) is 0 Å². The van der Waals surface area contributed by atoms with Gasteiger partial charge in [-0.3, -0.25) is 29.4 Å². The fraction of sp³-hybridized carbons (Fsp3) is 0.545. The Morgan fingerprint density at radius 3 is 2.23 bits per heavy atom. The maximum absolute atomic E-state index is 13.1. The lowest BCUT2D eigenvalue weighted by Gasteiger charge is -2.42. The van der Waals surface area contributed by atoms with Crippen LogP contribution >= 0.6 is 0 Å². The molecule has 1 unspecified atom stereocenters. The molecule has 4 amide bonds. The van der Waals surface area contributed by atoms with Crippen molar-refractivity contribution < 1.29 is 19.2 Å². The van der Waals surface area contributed by atoms with E-state index < -0.39 is 23.8 Å². The fourth-order valence-electron chi connectivity index (χ4n) is 5.02. The molecule has 3 atom stereocenters. The molecular formula is C22H28N4O4. The minimum Gasteiger partial charge on any atom is -0.370 e. The van der Waals surface area contributed by atoms with Gasteiger partial charge in [-0.05, 0) is 51.6 Å². The number of piperidine rings is 1. The van der Waals surface area contributed by atoms with Crippen molar-refractivity contribution in [3.05, 3.63) is 29.3 Å². The molecule has 30 heavy (non-hydrogen) atoms. The summed E-state index contributed by atoms with van der Waals surface area (Å²) in [5.74, 6) is -1.90. The number of carbonyl (C=O) groups is 4. The average molecular weight is 412 g/mol. The lowest BCUT2D eigenvalue weighted by Crippen LogP contribution is -2.54. The normalized spacial score (nSPS) is 26.8. The second kappa shape index (κ2) is 7.83. The molecule has 8 nitrogen and oxygen atoms in total. The van der Waals surface area contributed by atoms with Gasteiger partial charge in [-0.2, -0.15) is 0 Å². The van der Waals surface area contributed by atoms with Crippen LogP contribution in [-0.4, -0.2) is 72.7 Å². The number of carbonyl (C=O) groups excluding carboxylic acids is 4. The molecule has 160 valence electrons. The molecule has 1 saturated heterocycles. The van der Waals surface area contributed by atoms with Crippen LogP contribution < -0.4 is 10.2 Å². The Labute approximate surface area is 176 Å². The first-order valence-electron chi connectivity index (χ1n) is 10.5. The predicted molar refractivity (Wildman–Crippen MR) is 111 cm³/mol. The van der Waals surface area contributed by atoms with E-state index in [4.69, 9.17) is 0 Å². The summed E-state index contributed by atoms with van der Waals surface area (Å²) in [6.45, 7) is 0. The van der Waals surface area contributed by atoms with Crippen LogP contribution in [0.3, 0.4) is 0 Å². The molecule has 0 aromatic heterocycles. The molecule has 1 aliphatic carbocycles. The topological polar surface area (TPSA) is 90.0 Å². The summed E-state index contributed by atoms with van der Waals surface area (Å²) in [6, 6.07) is 5.13. The van der Waals surface area contributed by atoms with E-state index >= 15 is 0 Å². The summed E-state index contributed by atoms with van der Waals surface area (Å²) in [5.41, 5.74) is 1.53. The highest BCUT2D eigenvalue weighted by atomic mass is 16.2. The van der Waals surface area contributed by atoms with E-state index in [-0.39, 0.29) is 18.7 Å². The van der Waals surface area contributed by atoms with E-state index in [2.05, 4.69) is 29.2 Å². The van der Waals surface area contributed by atoms with Gasteiger partial charge >= 0.3 is 0 Å². The smallest absolute Gasteiger partial charge is 0.262 e. The highest BCUT2D eigenvalue weighted by molar-refractivity contribution is 6.23. The molecule has 2 fully saturated rings. The SMILES string of the molecule is CN(C)[C@@H]1CCCC[C@@H]1N(C)c1ccc2c(c1)C(=O)N(C1CCC(=O)NC1=O)C2=O. The number of amides is 4. The Kier molecular flexibility index (Phi) is 5.36. The number of imide groups is 2. The minimum atomic E-state index is -0.937. The number of benzene rings is 1. The van der Waals surface area contributed by atoms with E-state index in [1.807, 2.05) is 13.1 Å². The Bertz CT molecular complexity index is 912. The van der Waals surface area contributed by atoms with Gasteiger partial charge in [0.15, 0.2) is 0 Å². The maximum Gasteiger partial charge on any atom is 0.262 e. The number of likely N-dealkylation sites (N-methyl/N-ethyl adjacent to an activating group) is 2. The molecule has 3 aliphatic rings. The molecule has 1 aromatic rings. The Balaban J connectivity index is 1.60. The third kappa shape index (κ3) is 3.39. The van der Waals surface area contributed by atoms with Crippen molar-refractivity contribution in [3.8, 4) is 0 Å². The van der Waals surface area contributed by atoms with Crippen LogP contribution in [0.25, 0.3) is 0 Å². The highest BCUT2D eigenvalue weighted by Gasteiger charge is 2.45. The predicted octanol–water partition coefficient (Wildman–Crippen LogP) is 1.40. The van der Waals surface area contributed by atoms with Gasteiger partial charge < -0.3 is 9.80 Å². The fourth-order valence-corrected chi connectivity index (χ4v) is 5.02. The quantitative estimate of drug-likeness (QED) is 0.752. The van der Waals surface area contributed by atoms with Crippen molar-refractivity contribution in [2.45, 2.75) is 56.7 Å². The van der Waals surface area contributed by atoms with E-state index in [1.165, 1.54) is 12.8 Å². The Hall–Kier alpha value is -2.74. The van der Waals surface area contributed by atoms with Gasteiger partial charge in [-0.1, -0.05) is 12.8 Å². The van der Waals surface area contributed by atoms with Gasteiger partial charge in [0.05, 0.1) is 11.1 Å². The zero-order valence-electron chi connectivity index (χ0n) is 17.7. The summed E-state index contributed by atoms with van der Waals surface area (Å²) in [7, 11) is 6.23. The number of hydrogen-bond donors (Lipinski definition) is 1. The van der Waals surface area contributed by atoms with Crippen molar-refractivity contribution in [3.63, 3.8) is 0 Å². The minimum absolute atomic E-state index is 0.116. The third-order valence-corrected chi connectivity index (χ3v) is 6.69. The molecule has 2 heterocycles. The van der Waals surface area contributed by atoms with E-state index in [1.54, 1.807) is 12.1 Å². The van der Waals surface area contributed by atoms with E-state index in [0.717, 1.165) is 23.4 Å². The van der Waals surface area contributed by atoms with Crippen molar-refractivity contribution >= 4 is 29.3 Å². The maximum atomic E-state index is 13.1. The summed E-state index contributed by atoms with van der Waals surface area (Å²) in [5, 5.41) is 2.23. The van der Waals surface area contributed by atoms with Crippen LogP contribution in [-0.2, 0) is 9.59 Å². The van der Waals surface area contributed by atoms with Crippen LogP contribution in [0.4, 0.5) is 5.69 Å². The standard InChI is InChI=1S/C22H28N4O4/c1-24(2)16-6-4-5-7-17(16)25(3)13-8-9-14-15(12-13)22(30)26(21(14)29)18-10-11-19(27)23-20(18)28/h8-9,12,16-18H,4-7,10-11H2,1-3H3,(H,23,27,28)/t16-,17+,18?/m1/s1. The molecule has 0 radical (unpaired) electrons. The van der Waals surface area contributed by atoms with E-state index in [0.29, 0.717) is 23.2 Å². The Morgan fingerprint density at radius 1 is 0.900 bits per heavy atom. The van der Waals surface area contributed by atoms with Gasteiger partial charge in [0.2, 0.25) is 11.8 Å². The molecule has 1 N–H and O–H groups in total. The number of nitrogens with one attached hydrogen (secondary N) is 1. The number of fused-ring (bicyclic) bond motifs is 1. The first-order valence-corrected chi connectivity index (χ1v) is 10.5. The highest BCUT2D eigenvalue weighted by Crippen LogP contribution is 2.33. The lowest BCUT2D eigenvalue weighted by atomic mass is 9.88. The largest absolute Gasteiger partial charge is 0.370 e. The number of hydrogen-bond acceptors (Lipinski definition) is 6. The van der Waals surface area contributed by atoms with Crippen molar-refractivity contribution in [1.82, 2.24) is 15.1 Å². The number of nitrogens with zero attached hydrogens (tertiary/aromatic N) is 3. The summed E-state index contributed by atoms with van der Waals surface area (Å²) in [6.07, 6.45) is 4.87. The van der Waals surface area contributed by atoms with Crippen LogP contribution in [0.15, 0.2) is 18.2 Å². The van der Waals surface area contributed by atoms with Gasteiger partial charge in [-0.25, -0.2) is 0 Å². The second-order valence-corrected chi connectivity index (χ2v) is 8.67. The van der Waals surface area contributed by atoms with Gasteiger partial charge in [-0.15, -0.1) is 0 Å². The number of anilines is 1. The molecular weight excluding hydrogens is 384 g/mol. The molecule has 4 rings (SSSR count). The van der Waals surface area contributed by atoms with Crippen LogP contribution in [0.5, 0.6) is 0 Å². The van der Waals surface area contributed by atoms with Crippen LogP contribution in [0.2, 0.25) is 0 Å². The third-order valence-electron chi connectivity index (χ3n) is 6.69. The van der Waals surface area contributed by atoms with Gasteiger partial charge in [0, 0.05) is 31.2 Å². The first kappa shape index (κ1) is 20.5. The van der Waals surface area contributed by atoms with Crippen molar-refractivity contribution in [2.75, 3.05) is 26.0 Å². The molecule has 1 saturated carbocycles. The zero-order valence-corrected chi connectivity index (χ0v) is 17.7. The Morgan fingerprint density at radius 2 is 1.57 bits per heavy atom. The zero-order chi connectivity index (χ0) is 21.6. The van der Waals surface area contributed by atoms with Crippen molar-refractivity contribution in [1.29, 1.82) is 0 Å². The van der Waals surface area contributed by atoms with Crippen LogP contribution in [0.1, 0.15) is 59.2 Å². The molecule has 2 aliphatic heterocycles. The molecule has 1 aromatic carbocycles. The second-order valence-electron chi connectivity index (χ2n) is 8.67. The van der Waals surface area contributed by atoms with Gasteiger partial charge in [0.1, 0.15) is 6.04 Å². The monoisotopic (exact) mass is 412 g/mol. The van der Waals surface area contributed by atoms with Gasteiger partial charge in [0.25, 0.3) is 11.8 Å². The summed E-state index contributed by atoms with van der Waals surface area (Å²) in [4.78, 5) is 55.1. The first-order chi connectivity index (χ1) is 14.3. The van der Waals surface area contributed by atoms with E-state index in [9.17, 15) is 19.2 Å². The average Bonchev–Trinajstić information content (AvgIpc) is 2.97. The lowest BCUT2D eigenvalue weighted by molar-refractivity contribution is -0.136. The summed E-state index contributed by atoms with van der Waals surface area (Å²) < 4.78 is 0. The number of rotatable bonds is 4. The van der Waals surface area contributed by atoms with Crippen LogP contribution in [0, 0.1) is 0 Å². The summed E-state index contributed by atoms with van der Waals surface area (Å²) >= 11 is 0. The molecule has 0 bridgehead atoms. The molecule has 0 spiro atoms. The molecule has 8 heteroatoms.